The molecule has 0 aliphatic heterocycles. The van der Waals surface area contributed by atoms with Crippen LogP contribution in [0, 0.1) is 0 Å². The van der Waals surface area contributed by atoms with Gasteiger partial charge in [0, 0.05) is 0 Å². The van der Waals surface area contributed by atoms with Crippen LogP contribution in [0.1, 0.15) is 15.9 Å². The molecule has 0 radical (unpaired) electrons. The molecule has 0 aliphatic carbocycles. The van der Waals surface area contributed by atoms with Crippen LogP contribution in [-0.2, 0) is 4.74 Å². The maximum Gasteiger partial charge on any atom is 0.343 e. The zero-order valence-corrected chi connectivity index (χ0v) is 11.8. The van der Waals surface area contributed by atoms with Crippen LogP contribution in [0.2, 0.25) is 0 Å². The fourth-order valence-corrected chi connectivity index (χ4v) is 1.73. The van der Waals surface area contributed by atoms with Crippen LogP contribution in [0.5, 0.6) is 5.75 Å². The first-order chi connectivity index (χ1) is 10.2. The lowest BCUT2D eigenvalue weighted by molar-refractivity contribution is 0.0640. The first kappa shape index (κ1) is 14.6. The highest BCUT2D eigenvalue weighted by Gasteiger charge is 2.07. The van der Waals surface area contributed by atoms with Gasteiger partial charge in [0.25, 0.3) is 0 Å². The highest BCUT2D eigenvalue weighted by Crippen LogP contribution is 2.16. The first-order valence-corrected chi connectivity index (χ1v) is 6.48. The summed E-state index contributed by atoms with van der Waals surface area (Å²) in [6.45, 7) is 3.67. The van der Waals surface area contributed by atoms with E-state index in [4.69, 9.17) is 9.47 Å². The molecule has 0 aromatic heterocycles. The van der Waals surface area contributed by atoms with Gasteiger partial charge in [-0.3, -0.25) is 0 Å². The van der Waals surface area contributed by atoms with E-state index in [0.29, 0.717) is 11.3 Å². The lowest BCUT2D eigenvalue weighted by Crippen LogP contribution is -2.03. The van der Waals surface area contributed by atoms with E-state index >= 15 is 0 Å². The van der Waals surface area contributed by atoms with E-state index in [2.05, 4.69) is 6.58 Å². The molecule has 0 unspecified atom stereocenters. The Hall–Kier alpha value is -2.81. The molecule has 0 atom stereocenters. The van der Waals surface area contributed by atoms with Gasteiger partial charge in [0.2, 0.25) is 0 Å². The lowest BCUT2D eigenvalue weighted by atomic mass is 10.2. The van der Waals surface area contributed by atoms with Crippen molar-refractivity contribution in [2.45, 2.75) is 0 Å². The Morgan fingerprint density at radius 3 is 2.29 bits per heavy atom. The number of carbonyl (C=O) groups is 1. The summed E-state index contributed by atoms with van der Waals surface area (Å²) in [5, 5.41) is 0. The largest absolute Gasteiger partial charge is 0.497 e. The molecule has 2 rings (SSSR count). The number of hydrogen-bond donors (Lipinski definition) is 0. The van der Waals surface area contributed by atoms with Crippen molar-refractivity contribution in [3.63, 3.8) is 0 Å². The molecule has 0 fully saturated rings. The number of hydrogen-bond acceptors (Lipinski definition) is 3. The van der Waals surface area contributed by atoms with E-state index in [0.717, 1.165) is 11.3 Å². The van der Waals surface area contributed by atoms with Crippen molar-refractivity contribution < 1.29 is 14.3 Å². The number of ether oxygens (including phenoxy) is 2. The van der Waals surface area contributed by atoms with Gasteiger partial charge in [-0.15, -0.1) is 0 Å². The summed E-state index contributed by atoms with van der Waals surface area (Å²) in [4.78, 5) is 12.0. The monoisotopic (exact) mass is 280 g/mol. The number of carbonyl (C=O) groups excluding carboxylic acids is 1. The molecule has 106 valence electrons. The van der Waals surface area contributed by atoms with Crippen molar-refractivity contribution in [1.82, 2.24) is 0 Å². The second-order valence-corrected chi connectivity index (χ2v) is 4.28. The van der Waals surface area contributed by atoms with Crippen LogP contribution in [0.25, 0.3) is 6.08 Å². The standard InChI is InChI=1S/C18H16O3/c1-3-16(13-14-9-11-17(20-2)12-10-14)21-18(19)15-7-5-4-6-8-15/h3-13H,1H2,2H3/b16-13-. The average molecular weight is 280 g/mol. The zero-order chi connectivity index (χ0) is 15.1. The van der Waals surface area contributed by atoms with E-state index in [1.165, 1.54) is 6.08 Å². The molecule has 0 N–H and O–H groups in total. The molecular weight excluding hydrogens is 264 g/mol. The van der Waals surface area contributed by atoms with Crippen molar-refractivity contribution >= 4 is 12.0 Å². The van der Waals surface area contributed by atoms with Crippen molar-refractivity contribution in [3.8, 4) is 5.75 Å². The molecule has 2 aromatic carbocycles. The Kier molecular flexibility index (Phi) is 4.94. The second kappa shape index (κ2) is 7.10. The molecule has 3 nitrogen and oxygen atoms in total. The number of rotatable bonds is 5. The third-order valence-corrected chi connectivity index (χ3v) is 2.85. The molecular formula is C18H16O3. The van der Waals surface area contributed by atoms with Crippen LogP contribution < -0.4 is 4.74 Å². The van der Waals surface area contributed by atoms with Gasteiger partial charge in [0.05, 0.1) is 12.7 Å². The Labute approximate surface area is 124 Å². The minimum atomic E-state index is -0.407. The number of benzene rings is 2. The van der Waals surface area contributed by atoms with E-state index in [1.54, 1.807) is 37.5 Å². The summed E-state index contributed by atoms with van der Waals surface area (Å²) < 4.78 is 10.4. The van der Waals surface area contributed by atoms with Crippen molar-refractivity contribution in [2.75, 3.05) is 7.11 Å². The normalized spacial score (nSPS) is 10.8. The SMILES string of the molecule is C=C/C(=C/c1ccc(OC)cc1)OC(=O)c1ccccc1. The topological polar surface area (TPSA) is 35.5 Å². The summed E-state index contributed by atoms with van der Waals surface area (Å²) in [6, 6.07) is 16.3. The Balaban J connectivity index is 2.13. The summed E-state index contributed by atoms with van der Waals surface area (Å²) in [5.41, 5.74) is 1.39. The third kappa shape index (κ3) is 4.08. The summed E-state index contributed by atoms with van der Waals surface area (Å²) >= 11 is 0. The molecule has 21 heavy (non-hydrogen) atoms. The summed E-state index contributed by atoms with van der Waals surface area (Å²) in [5.74, 6) is 0.762. The molecule has 0 bridgehead atoms. The molecule has 2 aromatic rings. The number of allylic oxidation sites excluding steroid dienone is 1. The Bertz CT molecular complexity index is 640. The molecule has 0 saturated heterocycles. The molecule has 0 heterocycles. The highest BCUT2D eigenvalue weighted by molar-refractivity contribution is 5.90. The molecule has 0 saturated carbocycles. The van der Waals surface area contributed by atoms with Crippen LogP contribution in [0.3, 0.4) is 0 Å². The average Bonchev–Trinajstić information content (AvgIpc) is 2.55. The van der Waals surface area contributed by atoms with E-state index in [9.17, 15) is 4.79 Å². The van der Waals surface area contributed by atoms with E-state index in [1.807, 2.05) is 30.3 Å². The van der Waals surface area contributed by atoms with Gasteiger partial charge in [-0.2, -0.15) is 0 Å². The number of methoxy groups -OCH3 is 1. The Morgan fingerprint density at radius 1 is 1.05 bits per heavy atom. The van der Waals surface area contributed by atoms with E-state index < -0.39 is 5.97 Å². The van der Waals surface area contributed by atoms with Gasteiger partial charge >= 0.3 is 5.97 Å². The van der Waals surface area contributed by atoms with Crippen LogP contribution in [0.15, 0.2) is 73.0 Å². The molecule has 0 aliphatic rings. The minimum Gasteiger partial charge on any atom is -0.497 e. The molecule has 3 heteroatoms. The van der Waals surface area contributed by atoms with Crippen molar-refractivity contribution in [3.05, 3.63) is 84.1 Å². The first-order valence-electron chi connectivity index (χ1n) is 6.48. The van der Waals surface area contributed by atoms with Gasteiger partial charge in [-0.1, -0.05) is 36.9 Å². The van der Waals surface area contributed by atoms with Crippen LogP contribution >= 0.6 is 0 Å². The van der Waals surface area contributed by atoms with Gasteiger partial charge < -0.3 is 9.47 Å². The smallest absolute Gasteiger partial charge is 0.343 e. The third-order valence-electron chi connectivity index (χ3n) is 2.85. The summed E-state index contributed by atoms with van der Waals surface area (Å²) in [7, 11) is 1.61. The fraction of sp³-hybridized carbons (Fsp3) is 0.0556. The van der Waals surface area contributed by atoms with Gasteiger partial charge in [-0.25, -0.2) is 4.79 Å². The van der Waals surface area contributed by atoms with Crippen molar-refractivity contribution in [2.24, 2.45) is 0 Å². The molecule has 0 amide bonds. The summed E-state index contributed by atoms with van der Waals surface area (Å²) in [6.07, 6.45) is 3.25. The van der Waals surface area contributed by atoms with Gasteiger partial charge in [-0.05, 0) is 42.0 Å². The van der Waals surface area contributed by atoms with Crippen molar-refractivity contribution in [1.29, 1.82) is 0 Å². The minimum absolute atomic E-state index is 0.397. The maximum absolute atomic E-state index is 12.0. The van der Waals surface area contributed by atoms with E-state index in [-0.39, 0.29) is 0 Å². The highest BCUT2D eigenvalue weighted by atomic mass is 16.5. The maximum atomic E-state index is 12.0. The quantitative estimate of drug-likeness (QED) is 0.470. The lowest BCUT2D eigenvalue weighted by Gasteiger charge is -2.05. The van der Waals surface area contributed by atoms with Crippen LogP contribution in [0.4, 0.5) is 0 Å². The molecule has 0 spiro atoms. The predicted octanol–water partition coefficient (Wildman–Crippen LogP) is 4.08. The fourth-order valence-electron chi connectivity index (χ4n) is 1.73. The van der Waals surface area contributed by atoms with Gasteiger partial charge in [0.1, 0.15) is 11.5 Å². The predicted molar refractivity (Wildman–Crippen MR) is 83.0 cm³/mol. The Morgan fingerprint density at radius 2 is 1.71 bits per heavy atom. The second-order valence-electron chi connectivity index (χ2n) is 4.28. The van der Waals surface area contributed by atoms with Crippen LogP contribution in [-0.4, -0.2) is 13.1 Å². The number of esters is 1. The zero-order valence-electron chi connectivity index (χ0n) is 11.8. The van der Waals surface area contributed by atoms with Gasteiger partial charge in [0.15, 0.2) is 0 Å².